The number of halogens is 1. The van der Waals surface area contributed by atoms with Crippen LogP contribution in [0.3, 0.4) is 0 Å². The van der Waals surface area contributed by atoms with E-state index in [4.69, 9.17) is 4.74 Å². The molecule has 2 rings (SSSR count). The van der Waals surface area contributed by atoms with Crippen LogP contribution in [0, 0.1) is 5.82 Å². The molecular formula is C17H27FN2O. The molecule has 21 heavy (non-hydrogen) atoms. The molecule has 118 valence electrons. The first-order valence-electron chi connectivity index (χ1n) is 7.83. The van der Waals surface area contributed by atoms with Crippen molar-refractivity contribution >= 4 is 0 Å². The first-order valence-corrected chi connectivity index (χ1v) is 7.83. The number of hydrogen-bond donors (Lipinski definition) is 1. The minimum atomic E-state index is -0.252. The van der Waals surface area contributed by atoms with E-state index in [0.29, 0.717) is 11.3 Å². The van der Waals surface area contributed by atoms with Gasteiger partial charge in [-0.05, 0) is 52.4 Å². The minimum absolute atomic E-state index is 0.0595. The summed E-state index contributed by atoms with van der Waals surface area (Å²) in [6.45, 7) is 9.43. The fourth-order valence-electron chi connectivity index (χ4n) is 3.33. The van der Waals surface area contributed by atoms with Gasteiger partial charge in [-0.15, -0.1) is 0 Å². The molecule has 3 nitrogen and oxygen atoms in total. The van der Waals surface area contributed by atoms with Crippen LogP contribution in [-0.4, -0.2) is 37.2 Å². The second kappa shape index (κ2) is 6.75. The smallest absolute Gasteiger partial charge is 0.169 e. The summed E-state index contributed by atoms with van der Waals surface area (Å²) >= 11 is 0. The molecule has 1 unspecified atom stereocenters. The Kier molecular flexibility index (Phi) is 5.22. The van der Waals surface area contributed by atoms with E-state index in [-0.39, 0.29) is 17.4 Å². The van der Waals surface area contributed by atoms with Crippen molar-refractivity contribution in [3.05, 3.63) is 29.6 Å². The van der Waals surface area contributed by atoms with Crippen LogP contribution in [0.15, 0.2) is 18.2 Å². The number of rotatable bonds is 6. The van der Waals surface area contributed by atoms with Crippen LogP contribution in [0.4, 0.5) is 4.39 Å². The lowest BCUT2D eigenvalue weighted by Crippen LogP contribution is -2.51. The fraction of sp³-hybridized carbons (Fsp3) is 0.647. The Labute approximate surface area is 127 Å². The Morgan fingerprint density at radius 3 is 2.57 bits per heavy atom. The highest BCUT2D eigenvalue weighted by atomic mass is 19.1. The van der Waals surface area contributed by atoms with E-state index in [1.807, 2.05) is 12.1 Å². The molecule has 1 atom stereocenters. The molecule has 1 saturated heterocycles. The van der Waals surface area contributed by atoms with Crippen molar-refractivity contribution in [3.63, 3.8) is 0 Å². The molecule has 1 aliphatic rings. The molecular weight excluding hydrogens is 267 g/mol. The Morgan fingerprint density at radius 2 is 2.00 bits per heavy atom. The van der Waals surface area contributed by atoms with E-state index in [1.54, 1.807) is 6.07 Å². The SMILES string of the molecule is CCNC(c1cccc(OC)c1F)C(C)(C)N1CCCC1. The van der Waals surface area contributed by atoms with E-state index in [1.165, 1.54) is 20.0 Å². The molecule has 0 spiro atoms. The van der Waals surface area contributed by atoms with Crippen LogP contribution in [-0.2, 0) is 0 Å². The molecule has 1 aliphatic heterocycles. The van der Waals surface area contributed by atoms with Crippen molar-refractivity contribution in [3.8, 4) is 5.75 Å². The molecule has 1 heterocycles. The van der Waals surface area contributed by atoms with Gasteiger partial charge in [0.05, 0.1) is 13.2 Å². The van der Waals surface area contributed by atoms with Crippen molar-refractivity contribution in [2.75, 3.05) is 26.7 Å². The van der Waals surface area contributed by atoms with Crippen LogP contribution in [0.2, 0.25) is 0 Å². The van der Waals surface area contributed by atoms with E-state index >= 15 is 0 Å². The average molecular weight is 294 g/mol. The van der Waals surface area contributed by atoms with Gasteiger partial charge in [0.1, 0.15) is 0 Å². The van der Waals surface area contributed by atoms with Gasteiger partial charge in [0.2, 0.25) is 0 Å². The maximum absolute atomic E-state index is 14.7. The maximum Gasteiger partial charge on any atom is 0.169 e. The number of likely N-dealkylation sites (N-methyl/N-ethyl adjacent to an activating group) is 1. The normalized spacial score (nSPS) is 18.0. The first kappa shape index (κ1) is 16.2. The number of ether oxygens (including phenoxy) is 1. The molecule has 0 radical (unpaired) electrons. The monoisotopic (exact) mass is 294 g/mol. The van der Waals surface area contributed by atoms with Gasteiger partial charge in [-0.2, -0.15) is 0 Å². The summed E-state index contributed by atoms with van der Waals surface area (Å²) in [5, 5.41) is 3.47. The van der Waals surface area contributed by atoms with Crippen LogP contribution >= 0.6 is 0 Å². The number of likely N-dealkylation sites (tertiary alicyclic amines) is 1. The zero-order valence-electron chi connectivity index (χ0n) is 13.6. The van der Waals surface area contributed by atoms with Crippen molar-refractivity contribution < 1.29 is 9.13 Å². The lowest BCUT2D eigenvalue weighted by Gasteiger charge is -2.43. The lowest BCUT2D eigenvalue weighted by atomic mass is 9.86. The van der Waals surface area contributed by atoms with Crippen LogP contribution in [0.5, 0.6) is 5.75 Å². The largest absolute Gasteiger partial charge is 0.494 e. The molecule has 0 bridgehead atoms. The van der Waals surface area contributed by atoms with Crippen molar-refractivity contribution in [1.29, 1.82) is 0 Å². The number of methoxy groups -OCH3 is 1. The van der Waals surface area contributed by atoms with Gasteiger partial charge < -0.3 is 10.1 Å². The molecule has 0 saturated carbocycles. The fourth-order valence-corrected chi connectivity index (χ4v) is 3.33. The molecule has 1 aromatic carbocycles. The summed E-state index contributed by atoms with van der Waals surface area (Å²) in [6, 6.07) is 5.34. The van der Waals surface area contributed by atoms with Gasteiger partial charge in [-0.1, -0.05) is 19.1 Å². The number of benzene rings is 1. The molecule has 0 aromatic heterocycles. The number of nitrogens with zero attached hydrogens (tertiary/aromatic N) is 1. The predicted octanol–water partition coefficient (Wildman–Crippen LogP) is 3.36. The van der Waals surface area contributed by atoms with Crippen LogP contribution in [0.25, 0.3) is 0 Å². The second-order valence-electron chi connectivity index (χ2n) is 6.20. The second-order valence-corrected chi connectivity index (χ2v) is 6.20. The highest BCUT2D eigenvalue weighted by Gasteiger charge is 2.38. The van der Waals surface area contributed by atoms with E-state index in [0.717, 1.165) is 19.6 Å². The molecule has 1 N–H and O–H groups in total. The third-order valence-electron chi connectivity index (χ3n) is 4.56. The van der Waals surface area contributed by atoms with Gasteiger partial charge in [0, 0.05) is 11.1 Å². The summed E-state index contributed by atoms with van der Waals surface area (Å²) < 4.78 is 19.8. The van der Waals surface area contributed by atoms with Gasteiger partial charge >= 0.3 is 0 Å². The summed E-state index contributed by atoms with van der Waals surface area (Å²) in [5.74, 6) is 0.0610. The summed E-state index contributed by atoms with van der Waals surface area (Å²) in [7, 11) is 1.51. The molecule has 1 fully saturated rings. The number of nitrogens with one attached hydrogen (secondary N) is 1. The third kappa shape index (κ3) is 3.22. The summed E-state index contributed by atoms with van der Waals surface area (Å²) in [4.78, 5) is 2.46. The van der Waals surface area contributed by atoms with E-state index < -0.39 is 0 Å². The Bertz CT molecular complexity index is 470. The summed E-state index contributed by atoms with van der Waals surface area (Å²) in [5.41, 5.74) is 0.549. The topological polar surface area (TPSA) is 24.5 Å². The highest BCUT2D eigenvalue weighted by Crippen LogP contribution is 2.36. The van der Waals surface area contributed by atoms with E-state index in [2.05, 4.69) is 31.0 Å². The van der Waals surface area contributed by atoms with E-state index in [9.17, 15) is 4.39 Å². The average Bonchev–Trinajstić information content (AvgIpc) is 3.00. The van der Waals surface area contributed by atoms with Crippen molar-refractivity contribution in [1.82, 2.24) is 10.2 Å². The maximum atomic E-state index is 14.7. The quantitative estimate of drug-likeness (QED) is 0.870. The van der Waals surface area contributed by atoms with Gasteiger partial charge in [-0.3, -0.25) is 4.90 Å². The van der Waals surface area contributed by atoms with Crippen molar-refractivity contribution in [2.24, 2.45) is 0 Å². The Balaban J connectivity index is 2.38. The zero-order chi connectivity index (χ0) is 15.5. The molecule has 0 amide bonds. The Morgan fingerprint density at radius 1 is 1.33 bits per heavy atom. The van der Waals surface area contributed by atoms with Crippen LogP contribution < -0.4 is 10.1 Å². The van der Waals surface area contributed by atoms with Crippen molar-refractivity contribution in [2.45, 2.75) is 45.2 Å². The minimum Gasteiger partial charge on any atom is -0.494 e. The highest BCUT2D eigenvalue weighted by molar-refractivity contribution is 5.34. The predicted molar refractivity (Wildman–Crippen MR) is 84.3 cm³/mol. The molecule has 1 aromatic rings. The first-order chi connectivity index (χ1) is 10.0. The third-order valence-corrected chi connectivity index (χ3v) is 4.56. The number of hydrogen-bond acceptors (Lipinski definition) is 3. The standard InChI is InChI=1S/C17H27FN2O/c1-5-19-16(17(2,3)20-11-6-7-12-20)13-9-8-10-14(21-4)15(13)18/h8-10,16,19H,5-7,11-12H2,1-4H3. The van der Waals surface area contributed by atoms with Gasteiger partial charge in [-0.25, -0.2) is 4.39 Å². The van der Waals surface area contributed by atoms with Gasteiger partial charge in [0.15, 0.2) is 11.6 Å². The zero-order valence-corrected chi connectivity index (χ0v) is 13.6. The van der Waals surface area contributed by atoms with Gasteiger partial charge in [0.25, 0.3) is 0 Å². The molecule has 0 aliphatic carbocycles. The van der Waals surface area contributed by atoms with Crippen LogP contribution in [0.1, 0.15) is 45.2 Å². The lowest BCUT2D eigenvalue weighted by molar-refractivity contribution is 0.105. The summed E-state index contributed by atoms with van der Waals surface area (Å²) in [6.07, 6.45) is 2.45. The molecule has 4 heteroatoms. The Hall–Kier alpha value is -1.13.